The van der Waals surface area contributed by atoms with E-state index in [-0.39, 0.29) is 5.54 Å². The van der Waals surface area contributed by atoms with Gasteiger partial charge in [-0.3, -0.25) is 4.99 Å². The average molecular weight is 268 g/mol. The van der Waals surface area contributed by atoms with Crippen LogP contribution in [0.5, 0.6) is 0 Å². The maximum absolute atomic E-state index is 4.27. The molecule has 0 saturated carbocycles. The van der Waals surface area contributed by atoms with Crippen LogP contribution < -0.4 is 10.6 Å². The molecule has 0 unspecified atom stereocenters. The number of hydrogen-bond acceptors (Lipinski definition) is 2. The average Bonchev–Trinajstić information content (AvgIpc) is 2.37. The van der Waals surface area contributed by atoms with Gasteiger partial charge in [-0.15, -0.1) is 0 Å². The summed E-state index contributed by atoms with van der Waals surface area (Å²) in [6.07, 6.45) is 3.95. The molecular weight excluding hydrogens is 236 g/mol. The van der Waals surface area contributed by atoms with Crippen molar-refractivity contribution in [2.24, 2.45) is 10.9 Å². The van der Waals surface area contributed by atoms with Crippen molar-refractivity contribution in [1.29, 1.82) is 0 Å². The van der Waals surface area contributed by atoms with E-state index in [1.54, 1.807) is 0 Å². The number of likely N-dealkylation sites (tertiary alicyclic amines) is 1. The highest BCUT2D eigenvalue weighted by molar-refractivity contribution is 5.80. The normalized spacial score (nSPS) is 19.5. The van der Waals surface area contributed by atoms with Gasteiger partial charge >= 0.3 is 0 Å². The SMILES string of the molecule is CCN1CCC(CCNC(=NC)NC(C)(C)C)CC1. The molecule has 19 heavy (non-hydrogen) atoms. The predicted molar refractivity (Wildman–Crippen MR) is 83.7 cm³/mol. The molecule has 0 radical (unpaired) electrons. The highest BCUT2D eigenvalue weighted by Crippen LogP contribution is 2.19. The minimum absolute atomic E-state index is 0.0638. The van der Waals surface area contributed by atoms with Crippen LogP contribution in [0.15, 0.2) is 4.99 Å². The van der Waals surface area contributed by atoms with E-state index in [4.69, 9.17) is 0 Å². The highest BCUT2D eigenvalue weighted by Gasteiger charge is 2.18. The monoisotopic (exact) mass is 268 g/mol. The lowest BCUT2D eigenvalue weighted by Crippen LogP contribution is -2.48. The molecule has 112 valence electrons. The second-order valence-electron chi connectivity index (χ2n) is 6.54. The number of nitrogens with zero attached hydrogens (tertiary/aromatic N) is 2. The molecule has 0 amide bonds. The summed E-state index contributed by atoms with van der Waals surface area (Å²) in [6.45, 7) is 13.5. The van der Waals surface area contributed by atoms with Crippen LogP contribution >= 0.6 is 0 Å². The van der Waals surface area contributed by atoms with Gasteiger partial charge in [-0.1, -0.05) is 6.92 Å². The number of aliphatic imine (C=N–C) groups is 1. The van der Waals surface area contributed by atoms with E-state index in [0.717, 1.165) is 18.4 Å². The van der Waals surface area contributed by atoms with Crippen molar-refractivity contribution in [3.63, 3.8) is 0 Å². The first-order valence-corrected chi connectivity index (χ1v) is 7.65. The Balaban J connectivity index is 2.19. The van der Waals surface area contributed by atoms with Gasteiger partial charge in [0.15, 0.2) is 5.96 Å². The zero-order chi connectivity index (χ0) is 14.3. The topological polar surface area (TPSA) is 39.7 Å². The fourth-order valence-corrected chi connectivity index (χ4v) is 2.52. The van der Waals surface area contributed by atoms with Gasteiger partial charge < -0.3 is 15.5 Å². The summed E-state index contributed by atoms with van der Waals surface area (Å²) < 4.78 is 0. The maximum Gasteiger partial charge on any atom is 0.191 e. The third-order valence-electron chi connectivity index (χ3n) is 3.72. The molecule has 0 spiro atoms. The number of piperidine rings is 1. The molecule has 0 atom stereocenters. The predicted octanol–water partition coefficient (Wildman–Crippen LogP) is 2.07. The molecule has 1 aliphatic rings. The third-order valence-corrected chi connectivity index (χ3v) is 3.72. The van der Waals surface area contributed by atoms with Gasteiger partial charge in [-0.2, -0.15) is 0 Å². The van der Waals surface area contributed by atoms with Crippen LogP contribution in [0.25, 0.3) is 0 Å². The molecule has 1 aliphatic heterocycles. The largest absolute Gasteiger partial charge is 0.356 e. The molecule has 4 nitrogen and oxygen atoms in total. The van der Waals surface area contributed by atoms with Crippen molar-refractivity contribution in [2.75, 3.05) is 33.2 Å². The highest BCUT2D eigenvalue weighted by atomic mass is 15.2. The van der Waals surface area contributed by atoms with Crippen molar-refractivity contribution >= 4 is 5.96 Å². The second kappa shape index (κ2) is 7.73. The Morgan fingerprint density at radius 2 is 1.89 bits per heavy atom. The van der Waals surface area contributed by atoms with E-state index in [1.165, 1.54) is 38.9 Å². The molecule has 1 rings (SSSR count). The molecule has 2 N–H and O–H groups in total. The molecule has 1 saturated heterocycles. The van der Waals surface area contributed by atoms with Crippen LogP contribution in [0.2, 0.25) is 0 Å². The van der Waals surface area contributed by atoms with Gasteiger partial charge in [0, 0.05) is 19.1 Å². The Morgan fingerprint density at radius 3 is 2.37 bits per heavy atom. The van der Waals surface area contributed by atoms with Gasteiger partial charge in [-0.25, -0.2) is 0 Å². The molecule has 0 bridgehead atoms. The van der Waals surface area contributed by atoms with Crippen LogP contribution in [0.3, 0.4) is 0 Å². The third kappa shape index (κ3) is 6.81. The summed E-state index contributed by atoms with van der Waals surface area (Å²) in [5, 5.41) is 6.81. The Hall–Kier alpha value is -0.770. The number of rotatable bonds is 4. The van der Waals surface area contributed by atoms with Gasteiger partial charge in [0.25, 0.3) is 0 Å². The van der Waals surface area contributed by atoms with Crippen LogP contribution in [-0.2, 0) is 0 Å². The summed E-state index contributed by atoms with van der Waals surface area (Å²) in [4.78, 5) is 6.81. The molecule has 0 aromatic heterocycles. The van der Waals surface area contributed by atoms with Crippen molar-refractivity contribution in [3.05, 3.63) is 0 Å². The maximum atomic E-state index is 4.27. The Bertz CT molecular complexity index is 272. The van der Waals surface area contributed by atoms with E-state index in [0.29, 0.717) is 0 Å². The zero-order valence-corrected chi connectivity index (χ0v) is 13.4. The van der Waals surface area contributed by atoms with Crippen molar-refractivity contribution in [2.45, 2.75) is 52.5 Å². The second-order valence-corrected chi connectivity index (χ2v) is 6.54. The molecule has 0 aromatic rings. The number of guanidine groups is 1. The van der Waals surface area contributed by atoms with Gasteiger partial charge in [0.1, 0.15) is 0 Å². The van der Waals surface area contributed by atoms with E-state index in [2.05, 4.69) is 48.2 Å². The fraction of sp³-hybridized carbons (Fsp3) is 0.933. The van der Waals surface area contributed by atoms with Crippen LogP contribution in [-0.4, -0.2) is 49.6 Å². The van der Waals surface area contributed by atoms with E-state index in [1.807, 2.05) is 7.05 Å². The van der Waals surface area contributed by atoms with Crippen LogP contribution in [0, 0.1) is 5.92 Å². The molecule has 0 aromatic carbocycles. The summed E-state index contributed by atoms with van der Waals surface area (Å²) >= 11 is 0. The van der Waals surface area contributed by atoms with E-state index in [9.17, 15) is 0 Å². The van der Waals surface area contributed by atoms with E-state index >= 15 is 0 Å². The number of hydrogen-bond donors (Lipinski definition) is 2. The van der Waals surface area contributed by atoms with E-state index < -0.39 is 0 Å². The van der Waals surface area contributed by atoms with Gasteiger partial charge in [-0.05, 0) is 65.6 Å². The van der Waals surface area contributed by atoms with Crippen molar-refractivity contribution in [1.82, 2.24) is 15.5 Å². The Morgan fingerprint density at radius 1 is 1.26 bits per heavy atom. The van der Waals surface area contributed by atoms with Crippen molar-refractivity contribution in [3.8, 4) is 0 Å². The standard InChI is InChI=1S/C15H32N4/c1-6-19-11-8-13(9-12-19)7-10-17-14(16-5)18-15(2,3)4/h13H,6-12H2,1-5H3,(H2,16,17,18). The minimum atomic E-state index is 0.0638. The quantitative estimate of drug-likeness (QED) is 0.606. The number of nitrogens with one attached hydrogen (secondary N) is 2. The summed E-state index contributed by atoms with van der Waals surface area (Å²) in [5.41, 5.74) is 0.0638. The molecule has 0 aliphatic carbocycles. The molecule has 1 heterocycles. The van der Waals surface area contributed by atoms with Gasteiger partial charge in [0.2, 0.25) is 0 Å². The minimum Gasteiger partial charge on any atom is -0.356 e. The first kappa shape index (κ1) is 16.3. The summed E-state index contributed by atoms with van der Waals surface area (Å²) in [7, 11) is 1.83. The molecular formula is C15H32N4. The van der Waals surface area contributed by atoms with Gasteiger partial charge in [0.05, 0.1) is 0 Å². The summed E-state index contributed by atoms with van der Waals surface area (Å²) in [5.74, 6) is 1.79. The smallest absolute Gasteiger partial charge is 0.191 e. The zero-order valence-electron chi connectivity index (χ0n) is 13.4. The van der Waals surface area contributed by atoms with Crippen LogP contribution in [0.4, 0.5) is 0 Å². The fourth-order valence-electron chi connectivity index (χ4n) is 2.52. The lowest BCUT2D eigenvalue weighted by atomic mass is 9.93. The Labute approximate surface area is 119 Å². The first-order valence-electron chi connectivity index (χ1n) is 7.65. The molecule has 4 heteroatoms. The Kier molecular flexibility index (Phi) is 6.63. The lowest BCUT2D eigenvalue weighted by molar-refractivity contribution is 0.187. The van der Waals surface area contributed by atoms with Crippen LogP contribution in [0.1, 0.15) is 47.0 Å². The first-order chi connectivity index (χ1) is 8.94. The lowest BCUT2D eigenvalue weighted by Gasteiger charge is -2.31. The van der Waals surface area contributed by atoms with Crippen molar-refractivity contribution < 1.29 is 0 Å². The molecule has 1 fully saturated rings. The summed E-state index contributed by atoms with van der Waals surface area (Å²) in [6, 6.07) is 0.